The molecule has 1 aromatic carbocycles. The average Bonchev–Trinajstić information content (AvgIpc) is 2.61. The van der Waals surface area contributed by atoms with Crippen LogP contribution in [0.4, 0.5) is 0 Å². The van der Waals surface area contributed by atoms with Crippen LogP contribution in [0.1, 0.15) is 31.7 Å². The number of carbonyl (C=O) groups is 1. The number of hydrogen-bond acceptors (Lipinski definition) is 2. The van der Waals surface area contributed by atoms with Crippen LogP contribution in [0.3, 0.4) is 0 Å². The Kier molecular flexibility index (Phi) is 10.8. The normalized spacial score (nSPS) is 13.4. The quantitative estimate of drug-likeness (QED) is 0.248. The summed E-state index contributed by atoms with van der Waals surface area (Å²) in [5.74, 6) is 0.222. The lowest BCUT2D eigenvalue weighted by Gasteiger charge is -2.12. The molecule has 0 saturated carbocycles. The Hall–Kier alpha value is -2.35. The second-order valence-corrected chi connectivity index (χ2v) is 5.60. The minimum Gasteiger partial charge on any atom is -0.466 e. The zero-order chi connectivity index (χ0) is 17.5. The molecule has 0 aliphatic carbocycles. The lowest BCUT2D eigenvalue weighted by atomic mass is 9.93. The molecule has 0 heterocycles. The molecule has 1 atom stereocenters. The minimum atomic E-state index is -0.323. The summed E-state index contributed by atoms with van der Waals surface area (Å²) in [4.78, 5) is 10.9. The zero-order valence-corrected chi connectivity index (χ0v) is 14.7. The van der Waals surface area contributed by atoms with E-state index in [2.05, 4.69) is 59.4 Å². The van der Waals surface area contributed by atoms with E-state index in [4.69, 9.17) is 0 Å². The van der Waals surface area contributed by atoms with Gasteiger partial charge in [0.1, 0.15) is 0 Å². The molecule has 0 amide bonds. The number of ether oxygens (including phenoxy) is 1. The molecule has 2 nitrogen and oxygen atoms in total. The third kappa shape index (κ3) is 9.62. The largest absolute Gasteiger partial charge is 0.466 e. The van der Waals surface area contributed by atoms with Crippen LogP contribution >= 0.6 is 0 Å². The standard InChI is InChI=1S/C22H28O2/c1-3-4-9-14-20(19-21-16-11-8-12-17-21)15-10-6-5-7-13-18-22(23)24-2/h3-5,7-9,11-14,16-18,20H,6,10,15,19H2,1-2H3/b4-3+,7-5+,14-9+,18-13+. The average molecular weight is 324 g/mol. The van der Waals surface area contributed by atoms with E-state index in [0.717, 1.165) is 25.7 Å². The van der Waals surface area contributed by atoms with Crippen molar-refractivity contribution in [1.82, 2.24) is 0 Å². The Bertz CT molecular complexity index is 565. The lowest BCUT2D eigenvalue weighted by molar-refractivity contribution is -0.134. The first-order valence-corrected chi connectivity index (χ1v) is 8.50. The fourth-order valence-electron chi connectivity index (χ4n) is 2.39. The first-order chi connectivity index (χ1) is 11.8. The van der Waals surface area contributed by atoms with Crippen molar-refractivity contribution < 1.29 is 9.53 Å². The number of benzene rings is 1. The molecule has 1 unspecified atom stereocenters. The Labute approximate surface area is 146 Å². The third-order valence-electron chi connectivity index (χ3n) is 3.65. The third-order valence-corrected chi connectivity index (χ3v) is 3.65. The van der Waals surface area contributed by atoms with Gasteiger partial charge in [0.25, 0.3) is 0 Å². The maximum Gasteiger partial charge on any atom is 0.330 e. The van der Waals surface area contributed by atoms with Gasteiger partial charge in [-0.05, 0) is 44.1 Å². The van der Waals surface area contributed by atoms with Crippen molar-refractivity contribution in [3.63, 3.8) is 0 Å². The van der Waals surface area contributed by atoms with Gasteiger partial charge in [0.15, 0.2) is 0 Å². The van der Waals surface area contributed by atoms with Gasteiger partial charge in [0, 0.05) is 6.08 Å². The van der Waals surface area contributed by atoms with Crippen LogP contribution in [0.15, 0.2) is 78.9 Å². The Balaban J connectivity index is 2.43. The fourth-order valence-corrected chi connectivity index (χ4v) is 2.39. The minimum absolute atomic E-state index is 0.323. The van der Waals surface area contributed by atoms with E-state index in [0.29, 0.717) is 5.92 Å². The smallest absolute Gasteiger partial charge is 0.330 e. The predicted octanol–water partition coefficient (Wildman–Crippen LogP) is 5.43. The Morgan fingerprint density at radius 1 is 1.12 bits per heavy atom. The van der Waals surface area contributed by atoms with Crippen molar-refractivity contribution in [1.29, 1.82) is 0 Å². The van der Waals surface area contributed by atoms with Gasteiger partial charge in [0.05, 0.1) is 7.11 Å². The number of hydrogen-bond donors (Lipinski definition) is 0. The Morgan fingerprint density at radius 3 is 2.62 bits per heavy atom. The highest BCUT2D eigenvalue weighted by Gasteiger charge is 2.05. The van der Waals surface area contributed by atoms with E-state index in [-0.39, 0.29) is 5.97 Å². The number of carbonyl (C=O) groups excluding carboxylic acids is 1. The van der Waals surface area contributed by atoms with Crippen molar-refractivity contribution in [3.05, 3.63) is 84.5 Å². The molecule has 0 aromatic heterocycles. The molecule has 0 aliphatic rings. The molecule has 24 heavy (non-hydrogen) atoms. The molecule has 2 heteroatoms. The molecule has 0 spiro atoms. The molecule has 128 valence electrons. The van der Waals surface area contributed by atoms with Gasteiger partial charge in [-0.25, -0.2) is 4.79 Å². The number of methoxy groups -OCH3 is 1. The van der Waals surface area contributed by atoms with Crippen molar-refractivity contribution in [3.8, 4) is 0 Å². The highest BCUT2D eigenvalue weighted by Crippen LogP contribution is 2.17. The first kappa shape index (κ1) is 19.7. The summed E-state index contributed by atoms with van der Waals surface area (Å²) in [5.41, 5.74) is 1.38. The van der Waals surface area contributed by atoms with Crippen LogP contribution < -0.4 is 0 Å². The number of esters is 1. The van der Waals surface area contributed by atoms with Crippen LogP contribution in [0.25, 0.3) is 0 Å². The molecule has 0 radical (unpaired) electrons. The van der Waals surface area contributed by atoms with Crippen molar-refractivity contribution in [2.75, 3.05) is 7.11 Å². The molecule has 1 aromatic rings. The van der Waals surface area contributed by atoms with E-state index >= 15 is 0 Å². The van der Waals surface area contributed by atoms with Gasteiger partial charge >= 0.3 is 5.97 Å². The van der Waals surface area contributed by atoms with Crippen LogP contribution in [0, 0.1) is 5.92 Å². The van der Waals surface area contributed by atoms with Crippen LogP contribution in [-0.4, -0.2) is 13.1 Å². The molecular weight excluding hydrogens is 296 g/mol. The molecule has 0 saturated heterocycles. The fraction of sp³-hybridized carbons (Fsp3) is 0.318. The highest BCUT2D eigenvalue weighted by molar-refractivity contribution is 5.82. The topological polar surface area (TPSA) is 26.3 Å². The second kappa shape index (κ2) is 13.1. The second-order valence-electron chi connectivity index (χ2n) is 5.60. The van der Waals surface area contributed by atoms with E-state index in [9.17, 15) is 4.79 Å². The summed E-state index contributed by atoms with van der Waals surface area (Å²) in [5, 5.41) is 0. The summed E-state index contributed by atoms with van der Waals surface area (Å²) in [6, 6.07) is 10.6. The van der Waals surface area contributed by atoms with Crippen molar-refractivity contribution >= 4 is 5.97 Å². The van der Waals surface area contributed by atoms with Gasteiger partial charge in [-0.1, -0.05) is 72.9 Å². The number of rotatable bonds is 10. The van der Waals surface area contributed by atoms with E-state index in [1.54, 1.807) is 6.08 Å². The zero-order valence-electron chi connectivity index (χ0n) is 14.7. The Morgan fingerprint density at radius 2 is 1.92 bits per heavy atom. The van der Waals surface area contributed by atoms with Gasteiger partial charge in [-0.15, -0.1) is 0 Å². The van der Waals surface area contributed by atoms with Crippen molar-refractivity contribution in [2.24, 2.45) is 5.92 Å². The summed E-state index contributed by atoms with van der Waals surface area (Å²) in [7, 11) is 1.38. The number of allylic oxidation sites excluding steroid dienone is 7. The predicted molar refractivity (Wildman–Crippen MR) is 102 cm³/mol. The summed E-state index contributed by atoms with van der Waals surface area (Å²) >= 11 is 0. The highest BCUT2D eigenvalue weighted by atomic mass is 16.5. The summed E-state index contributed by atoms with van der Waals surface area (Å²) < 4.78 is 4.54. The molecular formula is C22H28O2. The van der Waals surface area contributed by atoms with Crippen molar-refractivity contribution in [2.45, 2.75) is 32.6 Å². The molecule has 1 rings (SSSR count). The van der Waals surface area contributed by atoms with Crippen LogP contribution in [-0.2, 0) is 16.0 Å². The SMILES string of the molecule is C/C=C/C=C/C(CCC/C=C/C=C/C(=O)OC)Cc1ccccc1. The summed E-state index contributed by atoms with van der Waals surface area (Å²) in [6.07, 6.45) is 20.1. The number of unbranched alkanes of at least 4 members (excludes halogenated alkanes) is 1. The maximum absolute atomic E-state index is 10.9. The van der Waals surface area contributed by atoms with Gasteiger partial charge in [0.2, 0.25) is 0 Å². The van der Waals surface area contributed by atoms with Gasteiger partial charge in [-0.2, -0.15) is 0 Å². The van der Waals surface area contributed by atoms with Gasteiger partial charge in [-0.3, -0.25) is 0 Å². The van der Waals surface area contributed by atoms with E-state index < -0.39 is 0 Å². The van der Waals surface area contributed by atoms with Crippen LogP contribution in [0.2, 0.25) is 0 Å². The maximum atomic E-state index is 10.9. The van der Waals surface area contributed by atoms with Gasteiger partial charge < -0.3 is 4.74 Å². The molecule has 0 aliphatic heterocycles. The van der Waals surface area contributed by atoms with E-state index in [1.165, 1.54) is 18.7 Å². The molecule has 0 bridgehead atoms. The monoisotopic (exact) mass is 324 g/mol. The first-order valence-electron chi connectivity index (χ1n) is 8.50. The molecule has 0 fully saturated rings. The van der Waals surface area contributed by atoms with E-state index in [1.807, 2.05) is 19.1 Å². The summed E-state index contributed by atoms with van der Waals surface area (Å²) in [6.45, 7) is 2.03. The van der Waals surface area contributed by atoms with Crippen LogP contribution in [0.5, 0.6) is 0 Å². The lowest BCUT2D eigenvalue weighted by Crippen LogP contribution is -2.01. The molecule has 0 N–H and O–H groups in total.